The molecular weight excluding hydrogens is 610 g/mol. The fraction of sp³-hybridized carbons (Fsp3) is 0.459. The number of aromatic nitrogens is 1. The summed E-state index contributed by atoms with van der Waals surface area (Å²) in [4.78, 5) is 53.9. The number of carbonyl (C=O) groups excluding carboxylic acids is 4. The monoisotopic (exact) mass is 657 g/mol. The number of carbonyl (C=O) groups is 4. The molecule has 0 bridgehead atoms. The largest absolute Gasteiger partial charge is 0.467 e. The van der Waals surface area contributed by atoms with Gasteiger partial charge in [0.2, 0.25) is 17.7 Å². The van der Waals surface area contributed by atoms with Crippen LogP contribution < -0.4 is 16.4 Å². The van der Waals surface area contributed by atoms with Gasteiger partial charge in [-0.2, -0.15) is 0 Å². The summed E-state index contributed by atoms with van der Waals surface area (Å²) >= 11 is 0. The van der Waals surface area contributed by atoms with E-state index in [0.29, 0.717) is 31.7 Å². The van der Waals surface area contributed by atoms with Gasteiger partial charge in [0.15, 0.2) is 0 Å². The topological polar surface area (TPSA) is 145 Å². The Balaban J connectivity index is 1.21. The first kappa shape index (κ1) is 34.8. The van der Waals surface area contributed by atoms with Gasteiger partial charge < -0.3 is 35.3 Å². The van der Waals surface area contributed by atoms with E-state index in [9.17, 15) is 19.2 Å². The van der Waals surface area contributed by atoms with Crippen LogP contribution in [-0.4, -0.2) is 71.5 Å². The molecule has 1 aliphatic carbocycles. The maximum absolute atomic E-state index is 13.9. The number of ether oxygens (including phenoxy) is 2. The first-order valence-electron chi connectivity index (χ1n) is 16.7. The van der Waals surface area contributed by atoms with Crippen LogP contribution in [0.4, 0.5) is 5.69 Å². The van der Waals surface area contributed by atoms with Crippen molar-refractivity contribution in [1.29, 1.82) is 0 Å². The van der Waals surface area contributed by atoms with Crippen molar-refractivity contribution in [1.82, 2.24) is 14.8 Å². The van der Waals surface area contributed by atoms with Crippen molar-refractivity contribution in [2.75, 3.05) is 32.1 Å². The van der Waals surface area contributed by atoms with Gasteiger partial charge in [-0.3, -0.25) is 14.4 Å². The molecule has 11 heteroatoms. The minimum absolute atomic E-state index is 0.0363. The molecule has 3 unspecified atom stereocenters. The van der Waals surface area contributed by atoms with E-state index in [1.807, 2.05) is 79.1 Å². The molecule has 1 aromatic heterocycles. The molecule has 48 heavy (non-hydrogen) atoms. The molecule has 3 aromatic rings. The molecule has 256 valence electrons. The second-order valence-electron chi connectivity index (χ2n) is 13.4. The minimum Gasteiger partial charge on any atom is -0.467 e. The van der Waals surface area contributed by atoms with E-state index in [2.05, 4.69) is 15.2 Å². The number of nitrogens with one attached hydrogen (secondary N) is 2. The summed E-state index contributed by atoms with van der Waals surface area (Å²) in [5.74, 6) is -1.79. The van der Waals surface area contributed by atoms with Gasteiger partial charge in [-0.15, -0.1) is 0 Å². The molecule has 0 radical (unpaired) electrons. The quantitative estimate of drug-likeness (QED) is 0.210. The number of hydrogen-bond donors (Lipinski definition) is 3. The van der Waals surface area contributed by atoms with Crippen LogP contribution in [0.2, 0.25) is 0 Å². The standard InChI is InChI=1S/C37H47N5O6/c1-37(2,38)36(46)39-21-28(24-48-23-25-11-6-4-7-12-25)33(43)40-29-16-18-41(22-29)32-20-27(32)19-30(26-13-8-5-9-14-26)34(44)42-17-10-15-31(42)35(45)47-3/h4-9,11-14,16,18,22,27-28,30-32H,10,15,17,19-21,23-24,38H2,1-3H3,(H,39,46)(H,40,43)/t27?,28-,30?,31+,32?/m1/s1. The molecule has 1 saturated carbocycles. The Morgan fingerprint density at radius 2 is 1.73 bits per heavy atom. The molecule has 0 spiro atoms. The molecule has 2 fully saturated rings. The maximum atomic E-state index is 13.9. The highest BCUT2D eigenvalue weighted by molar-refractivity contribution is 5.93. The van der Waals surface area contributed by atoms with E-state index in [1.165, 1.54) is 7.11 Å². The van der Waals surface area contributed by atoms with Crippen LogP contribution in [0.5, 0.6) is 0 Å². The van der Waals surface area contributed by atoms with E-state index in [0.717, 1.165) is 24.0 Å². The Kier molecular flexibility index (Phi) is 11.3. The zero-order chi connectivity index (χ0) is 34.3. The van der Waals surface area contributed by atoms with Crippen LogP contribution in [-0.2, 0) is 35.3 Å². The molecule has 5 atom stereocenters. The van der Waals surface area contributed by atoms with Gasteiger partial charge in [0.25, 0.3) is 0 Å². The van der Waals surface area contributed by atoms with Crippen molar-refractivity contribution >= 4 is 29.4 Å². The van der Waals surface area contributed by atoms with E-state index in [1.54, 1.807) is 18.7 Å². The molecular formula is C37H47N5O6. The maximum Gasteiger partial charge on any atom is 0.328 e. The van der Waals surface area contributed by atoms with E-state index < -0.39 is 17.5 Å². The zero-order valence-electron chi connectivity index (χ0n) is 28.0. The van der Waals surface area contributed by atoms with Crippen molar-refractivity contribution in [2.24, 2.45) is 17.6 Å². The Morgan fingerprint density at radius 1 is 1.02 bits per heavy atom. The number of esters is 1. The zero-order valence-corrected chi connectivity index (χ0v) is 28.0. The third-order valence-electron chi connectivity index (χ3n) is 9.19. The lowest BCUT2D eigenvalue weighted by atomic mass is 9.91. The third kappa shape index (κ3) is 8.90. The average Bonchev–Trinajstić information content (AvgIpc) is 3.42. The fourth-order valence-electron chi connectivity index (χ4n) is 6.33. The summed E-state index contributed by atoms with van der Waals surface area (Å²) in [5, 5.41) is 5.77. The fourth-order valence-corrected chi connectivity index (χ4v) is 6.33. The summed E-state index contributed by atoms with van der Waals surface area (Å²) in [6, 6.07) is 20.9. The molecule has 4 N–H and O–H groups in total. The van der Waals surface area contributed by atoms with Gasteiger partial charge in [-0.05, 0) is 62.6 Å². The molecule has 11 nitrogen and oxygen atoms in total. The number of hydrogen-bond acceptors (Lipinski definition) is 7. The van der Waals surface area contributed by atoms with Gasteiger partial charge >= 0.3 is 5.97 Å². The van der Waals surface area contributed by atoms with Crippen molar-refractivity contribution in [2.45, 2.75) is 69.7 Å². The molecule has 1 saturated heterocycles. The molecule has 3 amide bonds. The highest BCUT2D eigenvalue weighted by Crippen LogP contribution is 2.49. The van der Waals surface area contributed by atoms with Crippen LogP contribution in [0.3, 0.4) is 0 Å². The van der Waals surface area contributed by atoms with Gasteiger partial charge in [0, 0.05) is 31.5 Å². The summed E-state index contributed by atoms with van der Waals surface area (Å²) in [5.41, 5.74) is 7.42. The number of anilines is 1. The number of benzene rings is 2. The predicted octanol–water partition coefficient (Wildman–Crippen LogP) is 4.01. The van der Waals surface area contributed by atoms with Crippen LogP contribution in [0.1, 0.15) is 62.6 Å². The van der Waals surface area contributed by atoms with Crippen molar-refractivity contribution in [3.05, 3.63) is 90.3 Å². The summed E-state index contributed by atoms with van der Waals surface area (Å²) in [6.07, 6.45) is 6.77. The van der Waals surface area contributed by atoms with Crippen LogP contribution in [0.15, 0.2) is 79.1 Å². The molecule has 1 aliphatic heterocycles. The average molecular weight is 658 g/mol. The van der Waals surface area contributed by atoms with Gasteiger partial charge in [0.05, 0.1) is 43.4 Å². The summed E-state index contributed by atoms with van der Waals surface area (Å²) in [6.45, 7) is 4.30. The molecule has 2 aliphatic rings. The van der Waals surface area contributed by atoms with Gasteiger partial charge in [-0.1, -0.05) is 60.7 Å². The minimum atomic E-state index is -1.08. The van der Waals surface area contributed by atoms with E-state index >= 15 is 0 Å². The van der Waals surface area contributed by atoms with Crippen LogP contribution in [0.25, 0.3) is 0 Å². The second-order valence-corrected chi connectivity index (χ2v) is 13.4. The summed E-state index contributed by atoms with van der Waals surface area (Å²) < 4.78 is 13.0. The van der Waals surface area contributed by atoms with E-state index in [-0.39, 0.29) is 54.7 Å². The lowest BCUT2D eigenvalue weighted by Crippen LogP contribution is -2.51. The van der Waals surface area contributed by atoms with Gasteiger partial charge in [-0.25, -0.2) is 4.79 Å². The van der Waals surface area contributed by atoms with Crippen LogP contribution >= 0.6 is 0 Å². The van der Waals surface area contributed by atoms with Crippen molar-refractivity contribution in [3.63, 3.8) is 0 Å². The smallest absolute Gasteiger partial charge is 0.328 e. The number of rotatable bonds is 15. The summed E-state index contributed by atoms with van der Waals surface area (Å²) in [7, 11) is 1.36. The number of nitrogens with zero attached hydrogens (tertiary/aromatic N) is 2. The Hall–Kier alpha value is -4.48. The third-order valence-corrected chi connectivity index (χ3v) is 9.19. The first-order chi connectivity index (χ1) is 23.0. The highest BCUT2D eigenvalue weighted by atomic mass is 16.5. The van der Waals surface area contributed by atoms with Gasteiger partial charge in [0.1, 0.15) is 6.04 Å². The predicted molar refractivity (Wildman–Crippen MR) is 182 cm³/mol. The Morgan fingerprint density at radius 3 is 2.42 bits per heavy atom. The molecule has 2 heterocycles. The number of methoxy groups -OCH3 is 1. The second kappa shape index (κ2) is 15.6. The lowest BCUT2D eigenvalue weighted by molar-refractivity contribution is -0.151. The van der Waals surface area contributed by atoms with E-state index in [4.69, 9.17) is 15.2 Å². The SMILES string of the molecule is COC(=O)[C@@H]1CCCN1C(=O)C(CC1CC1n1ccc(NC(=O)[C@H](CNC(=O)C(C)(C)N)COCc2ccccc2)c1)c1ccccc1. The number of nitrogens with two attached hydrogens (primary N) is 1. The lowest BCUT2D eigenvalue weighted by Gasteiger charge is -2.28. The van der Waals surface area contributed by atoms with Crippen LogP contribution in [0, 0.1) is 11.8 Å². The number of likely N-dealkylation sites (tertiary alicyclic amines) is 1. The highest BCUT2D eigenvalue weighted by Gasteiger charge is 2.44. The van der Waals surface area contributed by atoms with Crippen molar-refractivity contribution in [3.8, 4) is 0 Å². The molecule has 2 aromatic carbocycles. The Bertz CT molecular complexity index is 1550. The van der Waals surface area contributed by atoms with Crippen molar-refractivity contribution < 1.29 is 28.7 Å². The molecule has 5 rings (SSSR count). The normalized spacial score (nSPS) is 20.1. The number of amides is 3. The first-order valence-corrected chi connectivity index (χ1v) is 16.7. The Labute approximate surface area is 282 Å².